The molecule has 27 heavy (non-hydrogen) atoms. The molecule has 1 N–H and O–H groups in total. The van der Waals surface area contributed by atoms with Crippen molar-refractivity contribution < 1.29 is 14.3 Å². The van der Waals surface area contributed by atoms with Gasteiger partial charge in [0.25, 0.3) is 5.91 Å². The van der Waals surface area contributed by atoms with E-state index >= 15 is 0 Å². The molecule has 3 rings (SSSR count). The average molecular weight is 376 g/mol. The number of esters is 1. The minimum Gasteiger partial charge on any atom is -0.455 e. The standard InChI is InChI=1S/C21H16N2O3S/c22-13-17-11-12-27-20(17)23-18(24)14-26-21(25)19(15-7-3-1-4-8-15)16-9-5-2-6-10-16/h1-12,19H,14H2,(H,23,24). The molecule has 1 heterocycles. The number of ether oxygens (including phenoxy) is 1. The van der Waals surface area contributed by atoms with Gasteiger partial charge in [-0.3, -0.25) is 9.59 Å². The molecule has 6 heteroatoms. The predicted octanol–water partition coefficient (Wildman–Crippen LogP) is 3.93. The monoisotopic (exact) mass is 376 g/mol. The summed E-state index contributed by atoms with van der Waals surface area (Å²) in [6.45, 7) is -0.419. The molecule has 0 spiro atoms. The number of hydrogen-bond acceptors (Lipinski definition) is 5. The minimum atomic E-state index is -0.614. The molecule has 0 radical (unpaired) electrons. The van der Waals surface area contributed by atoms with Crippen molar-refractivity contribution >= 4 is 28.2 Å². The molecule has 1 aromatic heterocycles. The smallest absolute Gasteiger partial charge is 0.318 e. The summed E-state index contributed by atoms with van der Waals surface area (Å²) < 4.78 is 5.27. The second kappa shape index (κ2) is 8.79. The van der Waals surface area contributed by atoms with Crippen LogP contribution in [0.2, 0.25) is 0 Å². The van der Waals surface area contributed by atoms with E-state index < -0.39 is 24.4 Å². The fourth-order valence-electron chi connectivity index (χ4n) is 2.63. The largest absolute Gasteiger partial charge is 0.455 e. The zero-order chi connectivity index (χ0) is 19.1. The van der Waals surface area contributed by atoms with Crippen LogP contribution in [-0.2, 0) is 14.3 Å². The Morgan fingerprint density at radius 3 is 2.15 bits per heavy atom. The summed E-state index contributed by atoms with van der Waals surface area (Å²) in [4.78, 5) is 24.8. The lowest BCUT2D eigenvalue weighted by Gasteiger charge is -2.17. The zero-order valence-electron chi connectivity index (χ0n) is 14.3. The third-order valence-corrected chi connectivity index (χ3v) is 4.72. The number of anilines is 1. The Bertz CT molecular complexity index is 922. The third kappa shape index (κ3) is 4.60. The van der Waals surface area contributed by atoms with Gasteiger partial charge in [0.2, 0.25) is 0 Å². The highest BCUT2D eigenvalue weighted by molar-refractivity contribution is 7.14. The Balaban J connectivity index is 1.70. The molecule has 0 bridgehead atoms. The molecular weight excluding hydrogens is 360 g/mol. The van der Waals surface area contributed by atoms with Crippen LogP contribution < -0.4 is 5.32 Å². The van der Waals surface area contributed by atoms with Crippen LogP contribution in [0.5, 0.6) is 0 Å². The summed E-state index contributed by atoms with van der Waals surface area (Å²) in [6.07, 6.45) is 0. The molecule has 134 valence electrons. The van der Waals surface area contributed by atoms with Gasteiger partial charge in [0.15, 0.2) is 6.61 Å². The number of nitrogens with one attached hydrogen (secondary N) is 1. The number of hydrogen-bond donors (Lipinski definition) is 1. The van der Waals surface area contributed by atoms with Crippen molar-refractivity contribution in [3.8, 4) is 6.07 Å². The van der Waals surface area contributed by atoms with Crippen molar-refractivity contribution in [1.29, 1.82) is 5.26 Å². The molecule has 3 aromatic rings. The van der Waals surface area contributed by atoms with E-state index in [1.54, 1.807) is 11.4 Å². The van der Waals surface area contributed by atoms with E-state index in [2.05, 4.69) is 5.32 Å². The van der Waals surface area contributed by atoms with Gasteiger partial charge >= 0.3 is 5.97 Å². The number of carbonyl (C=O) groups is 2. The molecule has 0 atom stereocenters. The maximum atomic E-state index is 12.7. The number of benzene rings is 2. The molecule has 0 unspecified atom stereocenters. The first kappa shape index (κ1) is 18.4. The van der Waals surface area contributed by atoms with E-state index in [-0.39, 0.29) is 0 Å². The maximum Gasteiger partial charge on any atom is 0.318 e. The number of nitrogens with zero attached hydrogens (tertiary/aromatic N) is 1. The normalized spacial score (nSPS) is 10.2. The molecule has 5 nitrogen and oxygen atoms in total. The lowest BCUT2D eigenvalue weighted by Crippen LogP contribution is -2.24. The van der Waals surface area contributed by atoms with Crippen molar-refractivity contribution in [2.75, 3.05) is 11.9 Å². The fraction of sp³-hybridized carbons (Fsp3) is 0.0952. The number of nitriles is 1. The Morgan fingerprint density at radius 1 is 1.00 bits per heavy atom. The molecule has 0 aliphatic rings. The molecule has 0 aliphatic carbocycles. The van der Waals surface area contributed by atoms with Gasteiger partial charge in [0.05, 0.1) is 5.56 Å². The zero-order valence-corrected chi connectivity index (χ0v) is 15.1. The molecule has 0 aliphatic heterocycles. The summed E-state index contributed by atoms with van der Waals surface area (Å²) in [7, 11) is 0. The van der Waals surface area contributed by atoms with Gasteiger partial charge in [-0.05, 0) is 22.6 Å². The van der Waals surface area contributed by atoms with Crippen molar-refractivity contribution in [2.24, 2.45) is 0 Å². The third-order valence-electron chi connectivity index (χ3n) is 3.89. The Morgan fingerprint density at radius 2 is 1.59 bits per heavy atom. The van der Waals surface area contributed by atoms with Crippen LogP contribution in [0.15, 0.2) is 72.1 Å². The van der Waals surface area contributed by atoms with Crippen molar-refractivity contribution in [2.45, 2.75) is 5.92 Å². The topological polar surface area (TPSA) is 79.2 Å². The predicted molar refractivity (Wildman–Crippen MR) is 103 cm³/mol. The number of amides is 1. The van der Waals surface area contributed by atoms with Crippen LogP contribution in [0, 0.1) is 11.3 Å². The van der Waals surface area contributed by atoms with Gasteiger partial charge < -0.3 is 10.1 Å². The van der Waals surface area contributed by atoms with Crippen LogP contribution in [0.1, 0.15) is 22.6 Å². The highest BCUT2D eigenvalue weighted by atomic mass is 32.1. The van der Waals surface area contributed by atoms with Crippen LogP contribution in [0.3, 0.4) is 0 Å². The van der Waals surface area contributed by atoms with Crippen molar-refractivity contribution in [3.05, 3.63) is 88.8 Å². The van der Waals surface area contributed by atoms with E-state index in [1.807, 2.05) is 66.7 Å². The number of carbonyl (C=O) groups excluding carboxylic acids is 2. The number of rotatable bonds is 6. The van der Waals surface area contributed by atoms with E-state index in [0.29, 0.717) is 10.6 Å². The molecule has 0 saturated heterocycles. The van der Waals surface area contributed by atoms with Crippen molar-refractivity contribution in [1.82, 2.24) is 0 Å². The Labute approximate surface area is 160 Å². The summed E-state index contributed by atoms with van der Waals surface area (Å²) in [5, 5.41) is 13.7. The van der Waals surface area contributed by atoms with E-state index in [1.165, 1.54) is 11.3 Å². The highest BCUT2D eigenvalue weighted by Crippen LogP contribution is 2.26. The Hall–Kier alpha value is -3.43. The van der Waals surface area contributed by atoms with Crippen LogP contribution in [-0.4, -0.2) is 18.5 Å². The Kier molecular flexibility index (Phi) is 5.98. The van der Waals surface area contributed by atoms with Crippen LogP contribution in [0.25, 0.3) is 0 Å². The first-order valence-electron chi connectivity index (χ1n) is 8.23. The summed E-state index contributed by atoms with van der Waals surface area (Å²) in [5.74, 6) is -1.60. The molecule has 0 fully saturated rings. The van der Waals surface area contributed by atoms with E-state index in [4.69, 9.17) is 10.00 Å². The van der Waals surface area contributed by atoms with Gasteiger partial charge in [-0.2, -0.15) is 5.26 Å². The molecular formula is C21H16N2O3S. The van der Waals surface area contributed by atoms with Gasteiger partial charge in [-0.25, -0.2) is 0 Å². The van der Waals surface area contributed by atoms with Gasteiger partial charge in [0, 0.05) is 0 Å². The van der Waals surface area contributed by atoms with E-state index in [9.17, 15) is 9.59 Å². The van der Waals surface area contributed by atoms with E-state index in [0.717, 1.165) is 11.1 Å². The summed E-state index contributed by atoms with van der Waals surface area (Å²) in [6, 6.07) is 22.2. The van der Waals surface area contributed by atoms with Gasteiger partial charge in [0.1, 0.15) is 17.0 Å². The van der Waals surface area contributed by atoms with Gasteiger partial charge in [-0.1, -0.05) is 60.7 Å². The summed E-state index contributed by atoms with van der Waals surface area (Å²) >= 11 is 1.24. The molecule has 0 saturated carbocycles. The van der Waals surface area contributed by atoms with Crippen molar-refractivity contribution in [3.63, 3.8) is 0 Å². The number of thiophene rings is 1. The second-order valence-electron chi connectivity index (χ2n) is 5.69. The minimum absolute atomic E-state index is 0.381. The first-order chi connectivity index (χ1) is 13.2. The fourth-order valence-corrected chi connectivity index (χ4v) is 3.39. The summed E-state index contributed by atoms with van der Waals surface area (Å²) in [5.41, 5.74) is 1.96. The van der Waals surface area contributed by atoms with Gasteiger partial charge in [-0.15, -0.1) is 11.3 Å². The molecule has 2 aromatic carbocycles. The SMILES string of the molecule is N#Cc1ccsc1NC(=O)COC(=O)C(c1ccccc1)c1ccccc1. The molecule has 1 amide bonds. The maximum absolute atomic E-state index is 12.7. The lowest BCUT2D eigenvalue weighted by atomic mass is 9.91. The highest BCUT2D eigenvalue weighted by Gasteiger charge is 2.25. The van der Waals surface area contributed by atoms with Crippen LogP contribution >= 0.6 is 11.3 Å². The first-order valence-corrected chi connectivity index (χ1v) is 9.11. The van der Waals surface area contributed by atoms with Crippen LogP contribution in [0.4, 0.5) is 5.00 Å². The second-order valence-corrected chi connectivity index (χ2v) is 6.60. The quantitative estimate of drug-likeness (QED) is 0.661. The average Bonchev–Trinajstić information content (AvgIpc) is 3.15. The lowest BCUT2D eigenvalue weighted by molar-refractivity contribution is -0.147.